The Bertz CT molecular complexity index is 1080. The number of anilines is 1. The number of nitrogens with one attached hydrogen (secondary N) is 1. The third-order valence-corrected chi connectivity index (χ3v) is 4.37. The summed E-state index contributed by atoms with van der Waals surface area (Å²) >= 11 is 6.23. The average molecular weight is 424 g/mol. The third-order valence-electron chi connectivity index (χ3n) is 4.07. The number of aliphatic imine (C=N–C) groups is 1. The number of nitrogens with zero attached hydrogens (tertiary/aromatic N) is 2. The second-order valence-electron chi connectivity index (χ2n) is 6.42. The molecule has 3 rings (SSSR count). The summed E-state index contributed by atoms with van der Waals surface area (Å²) in [6.07, 6.45) is 1.58. The summed E-state index contributed by atoms with van der Waals surface area (Å²) in [6.45, 7) is 1.79. The van der Waals surface area contributed by atoms with Crippen molar-refractivity contribution in [2.75, 3.05) is 11.9 Å². The maximum atomic E-state index is 12.0. The Morgan fingerprint density at radius 3 is 2.47 bits per heavy atom. The van der Waals surface area contributed by atoms with Gasteiger partial charge in [0, 0.05) is 24.0 Å². The van der Waals surface area contributed by atoms with Crippen LogP contribution in [0.5, 0.6) is 5.75 Å². The van der Waals surface area contributed by atoms with Gasteiger partial charge in [0.05, 0.1) is 15.6 Å². The van der Waals surface area contributed by atoms with Crippen molar-refractivity contribution in [3.05, 3.63) is 93.0 Å². The summed E-state index contributed by atoms with van der Waals surface area (Å²) < 4.78 is 5.50. The van der Waals surface area contributed by atoms with Gasteiger partial charge in [-0.1, -0.05) is 29.3 Å². The van der Waals surface area contributed by atoms with Gasteiger partial charge in [-0.15, -0.1) is 0 Å². The van der Waals surface area contributed by atoms with Gasteiger partial charge >= 0.3 is 0 Å². The molecule has 7 nitrogen and oxygen atoms in total. The number of rotatable bonds is 7. The van der Waals surface area contributed by atoms with E-state index in [1.54, 1.807) is 36.5 Å². The van der Waals surface area contributed by atoms with Crippen molar-refractivity contribution in [1.29, 1.82) is 0 Å². The molecule has 3 aromatic carbocycles. The predicted octanol–water partition coefficient (Wildman–Crippen LogP) is 5.32. The van der Waals surface area contributed by atoms with Crippen LogP contribution in [0.15, 0.2) is 71.7 Å². The highest BCUT2D eigenvalue weighted by molar-refractivity contribution is 6.32. The van der Waals surface area contributed by atoms with Gasteiger partial charge in [-0.3, -0.25) is 19.9 Å². The van der Waals surface area contributed by atoms with Crippen LogP contribution >= 0.6 is 11.6 Å². The maximum absolute atomic E-state index is 12.0. The van der Waals surface area contributed by atoms with Gasteiger partial charge in [-0.25, -0.2) is 0 Å². The monoisotopic (exact) mass is 423 g/mol. The van der Waals surface area contributed by atoms with E-state index in [0.29, 0.717) is 22.1 Å². The van der Waals surface area contributed by atoms with Crippen molar-refractivity contribution in [3.63, 3.8) is 0 Å². The SMILES string of the molecule is Cc1ccc(NC(=O)COc2ccc(C=Nc3ccc([N+](=O)[O-])cc3)cc2Cl)cc1. The molecule has 0 atom stereocenters. The van der Waals surface area contributed by atoms with Crippen molar-refractivity contribution in [1.82, 2.24) is 0 Å². The molecule has 0 aliphatic carbocycles. The number of benzene rings is 3. The van der Waals surface area contributed by atoms with E-state index in [-0.39, 0.29) is 18.2 Å². The highest BCUT2D eigenvalue weighted by Crippen LogP contribution is 2.25. The number of halogens is 1. The van der Waals surface area contributed by atoms with E-state index in [1.165, 1.54) is 12.1 Å². The topological polar surface area (TPSA) is 93.8 Å². The first kappa shape index (κ1) is 21.0. The van der Waals surface area contributed by atoms with E-state index >= 15 is 0 Å². The van der Waals surface area contributed by atoms with Crippen molar-refractivity contribution < 1.29 is 14.5 Å². The number of nitro benzene ring substituents is 1. The van der Waals surface area contributed by atoms with Gasteiger partial charge in [0.15, 0.2) is 6.61 Å². The molecule has 152 valence electrons. The van der Waals surface area contributed by atoms with Crippen LogP contribution in [-0.4, -0.2) is 23.7 Å². The minimum Gasteiger partial charge on any atom is -0.482 e. The number of hydrogen-bond acceptors (Lipinski definition) is 5. The number of amides is 1. The summed E-state index contributed by atoms with van der Waals surface area (Å²) in [5.74, 6) is 0.0851. The standard InChI is InChI=1S/C22H18ClN3O4/c1-15-2-5-18(6-3-15)25-22(27)14-30-21-11-4-16(12-20(21)23)13-24-17-7-9-19(10-8-17)26(28)29/h2-13H,14H2,1H3,(H,25,27). The third kappa shape index (κ3) is 5.89. The molecule has 0 saturated heterocycles. The molecule has 8 heteroatoms. The fraction of sp³-hybridized carbons (Fsp3) is 0.0909. The highest BCUT2D eigenvalue weighted by atomic mass is 35.5. The van der Waals surface area contributed by atoms with E-state index in [0.717, 1.165) is 11.1 Å². The van der Waals surface area contributed by atoms with Crippen LogP contribution in [0, 0.1) is 17.0 Å². The Morgan fingerprint density at radius 2 is 1.83 bits per heavy atom. The molecule has 0 aliphatic rings. The summed E-state index contributed by atoms with van der Waals surface area (Å²) in [5.41, 5.74) is 3.09. The molecule has 1 N–H and O–H groups in total. The Balaban J connectivity index is 1.57. The van der Waals surface area contributed by atoms with Crippen LogP contribution in [0.4, 0.5) is 17.1 Å². The van der Waals surface area contributed by atoms with Crippen LogP contribution in [-0.2, 0) is 4.79 Å². The van der Waals surface area contributed by atoms with Gasteiger partial charge in [0.25, 0.3) is 11.6 Å². The lowest BCUT2D eigenvalue weighted by Crippen LogP contribution is -2.20. The first-order valence-electron chi connectivity index (χ1n) is 8.98. The van der Waals surface area contributed by atoms with Crippen molar-refractivity contribution >= 4 is 40.8 Å². The second-order valence-corrected chi connectivity index (χ2v) is 6.83. The molecule has 0 radical (unpaired) electrons. The summed E-state index contributed by atoms with van der Waals surface area (Å²) in [5, 5.41) is 13.8. The number of ether oxygens (including phenoxy) is 1. The van der Waals surface area contributed by atoms with Crippen LogP contribution < -0.4 is 10.1 Å². The average Bonchev–Trinajstić information content (AvgIpc) is 2.73. The quantitative estimate of drug-likeness (QED) is 0.316. The molecule has 0 unspecified atom stereocenters. The van der Waals surface area contributed by atoms with Gasteiger partial charge in [-0.2, -0.15) is 0 Å². The maximum Gasteiger partial charge on any atom is 0.269 e. The molecule has 30 heavy (non-hydrogen) atoms. The number of hydrogen-bond donors (Lipinski definition) is 1. The zero-order valence-electron chi connectivity index (χ0n) is 16.0. The molecule has 0 aliphatic heterocycles. The lowest BCUT2D eigenvalue weighted by atomic mass is 10.2. The molecule has 0 aromatic heterocycles. The van der Waals surface area contributed by atoms with E-state index in [2.05, 4.69) is 10.3 Å². The minimum atomic E-state index is -0.465. The molecule has 3 aromatic rings. The summed E-state index contributed by atoms with van der Waals surface area (Å²) in [6, 6.07) is 18.4. The Labute approximate surface area is 178 Å². The van der Waals surface area contributed by atoms with Gasteiger partial charge in [0.1, 0.15) is 5.75 Å². The van der Waals surface area contributed by atoms with Crippen molar-refractivity contribution in [2.45, 2.75) is 6.92 Å². The Hall–Kier alpha value is -3.71. The van der Waals surface area contributed by atoms with Gasteiger partial charge in [-0.05, 0) is 55.0 Å². The van der Waals surface area contributed by atoms with Crippen molar-refractivity contribution in [3.8, 4) is 5.75 Å². The van der Waals surface area contributed by atoms with Crippen LogP contribution in [0.2, 0.25) is 5.02 Å². The van der Waals surface area contributed by atoms with Crippen molar-refractivity contribution in [2.24, 2.45) is 4.99 Å². The smallest absolute Gasteiger partial charge is 0.269 e. The number of nitro groups is 1. The van der Waals surface area contributed by atoms with Crippen LogP contribution in [0.3, 0.4) is 0 Å². The zero-order valence-corrected chi connectivity index (χ0v) is 16.8. The van der Waals surface area contributed by atoms with Crippen LogP contribution in [0.25, 0.3) is 0 Å². The van der Waals surface area contributed by atoms with E-state index in [1.807, 2.05) is 31.2 Å². The second kappa shape index (κ2) is 9.67. The predicted molar refractivity (Wildman–Crippen MR) is 117 cm³/mol. The lowest BCUT2D eigenvalue weighted by Gasteiger charge is -2.09. The van der Waals surface area contributed by atoms with E-state index in [9.17, 15) is 14.9 Å². The molecule has 0 spiro atoms. The fourth-order valence-corrected chi connectivity index (χ4v) is 2.74. The minimum absolute atomic E-state index is 0.00455. The number of non-ortho nitro benzene ring substituents is 1. The Morgan fingerprint density at radius 1 is 1.13 bits per heavy atom. The molecular weight excluding hydrogens is 406 g/mol. The number of carbonyl (C=O) groups excluding carboxylic acids is 1. The fourth-order valence-electron chi connectivity index (χ4n) is 2.50. The molecule has 0 fully saturated rings. The first-order valence-corrected chi connectivity index (χ1v) is 9.36. The van der Waals surface area contributed by atoms with Gasteiger partial charge in [0.2, 0.25) is 0 Å². The molecule has 0 heterocycles. The van der Waals surface area contributed by atoms with Gasteiger partial charge < -0.3 is 10.1 Å². The molecule has 1 amide bonds. The highest BCUT2D eigenvalue weighted by Gasteiger charge is 2.07. The van der Waals surface area contributed by atoms with E-state index in [4.69, 9.17) is 16.3 Å². The number of aryl methyl sites for hydroxylation is 1. The lowest BCUT2D eigenvalue weighted by molar-refractivity contribution is -0.384. The Kier molecular flexibility index (Phi) is 6.77. The number of carbonyl (C=O) groups is 1. The summed E-state index contributed by atoms with van der Waals surface area (Å²) in [7, 11) is 0. The molecule has 0 saturated carbocycles. The normalized spacial score (nSPS) is 10.7. The largest absolute Gasteiger partial charge is 0.482 e. The van der Waals surface area contributed by atoms with E-state index < -0.39 is 4.92 Å². The molecule has 0 bridgehead atoms. The molecular formula is C22H18ClN3O4. The zero-order chi connectivity index (χ0) is 21.5. The first-order chi connectivity index (χ1) is 14.4. The van der Waals surface area contributed by atoms with Crippen LogP contribution in [0.1, 0.15) is 11.1 Å². The summed E-state index contributed by atoms with van der Waals surface area (Å²) in [4.78, 5) is 26.5.